The maximum absolute atomic E-state index is 13.1. The van der Waals surface area contributed by atoms with E-state index < -0.39 is 17.9 Å². The number of alkyl halides is 2. The smallest absolute Gasteiger partial charge is 0.275 e. The summed E-state index contributed by atoms with van der Waals surface area (Å²) in [5, 5.41) is 14.3. The van der Waals surface area contributed by atoms with E-state index in [1.165, 1.54) is 17.0 Å². The molecular weight excluding hydrogens is 359 g/mol. The average Bonchev–Trinajstić information content (AvgIpc) is 3.03. The van der Waals surface area contributed by atoms with Crippen molar-refractivity contribution in [1.82, 2.24) is 14.7 Å². The van der Waals surface area contributed by atoms with Crippen molar-refractivity contribution in [3.63, 3.8) is 0 Å². The lowest BCUT2D eigenvalue weighted by Crippen LogP contribution is -2.53. The van der Waals surface area contributed by atoms with E-state index in [1.807, 2.05) is 13.0 Å². The van der Waals surface area contributed by atoms with Gasteiger partial charge in [0.2, 0.25) is 5.60 Å². The Balaban J connectivity index is 1.69. The van der Waals surface area contributed by atoms with Gasteiger partial charge in [0.1, 0.15) is 5.82 Å². The summed E-state index contributed by atoms with van der Waals surface area (Å²) < 4.78 is 40.6. The van der Waals surface area contributed by atoms with Crippen molar-refractivity contribution in [3.05, 3.63) is 47.5 Å². The molecule has 1 amide bonds. The Bertz CT molecular complexity index is 810. The van der Waals surface area contributed by atoms with Gasteiger partial charge in [-0.05, 0) is 57.0 Å². The zero-order valence-electron chi connectivity index (χ0n) is 15.2. The Morgan fingerprint density at radius 2 is 1.85 bits per heavy atom. The molecule has 146 valence electrons. The summed E-state index contributed by atoms with van der Waals surface area (Å²) >= 11 is 0. The number of likely N-dealkylation sites (tertiary alicyclic amines) is 1. The molecule has 1 saturated heterocycles. The molecule has 3 rings (SSSR count). The number of amides is 1. The molecule has 0 spiro atoms. The van der Waals surface area contributed by atoms with Crippen LogP contribution < -0.4 is 0 Å². The van der Waals surface area contributed by atoms with Gasteiger partial charge in [-0.2, -0.15) is 5.10 Å². The molecule has 8 heteroatoms. The molecular formula is C19H22F3N3O2. The summed E-state index contributed by atoms with van der Waals surface area (Å²) in [6, 6.07) is 7.98. The topological polar surface area (TPSA) is 58.4 Å². The van der Waals surface area contributed by atoms with Crippen molar-refractivity contribution in [2.24, 2.45) is 0 Å². The number of nitrogens with zero attached hydrogens (tertiary/aromatic N) is 3. The van der Waals surface area contributed by atoms with E-state index in [0.29, 0.717) is 12.8 Å². The van der Waals surface area contributed by atoms with Gasteiger partial charge in [-0.25, -0.2) is 17.9 Å². The highest BCUT2D eigenvalue weighted by molar-refractivity contribution is 5.85. The molecule has 2 heterocycles. The van der Waals surface area contributed by atoms with Crippen molar-refractivity contribution >= 4 is 5.91 Å². The van der Waals surface area contributed by atoms with Crippen LogP contribution in [0, 0.1) is 12.7 Å². The van der Waals surface area contributed by atoms with E-state index in [4.69, 9.17) is 0 Å². The van der Waals surface area contributed by atoms with Crippen LogP contribution in [-0.4, -0.2) is 50.8 Å². The van der Waals surface area contributed by atoms with Gasteiger partial charge in [0.15, 0.2) is 0 Å². The SMILES string of the molecule is Cc1cc(C2CCN(C(=O)[C@@](C)(O)C(F)F)CC2)nn1-c1ccc(F)cc1. The Kier molecular flexibility index (Phi) is 5.28. The molecule has 0 unspecified atom stereocenters. The highest BCUT2D eigenvalue weighted by Crippen LogP contribution is 2.30. The van der Waals surface area contributed by atoms with Gasteiger partial charge in [-0.1, -0.05) is 0 Å². The third-order valence-corrected chi connectivity index (χ3v) is 5.04. The second kappa shape index (κ2) is 7.34. The monoisotopic (exact) mass is 381 g/mol. The predicted molar refractivity (Wildman–Crippen MR) is 93.4 cm³/mol. The molecule has 0 saturated carbocycles. The van der Waals surface area contributed by atoms with Gasteiger partial charge in [0.25, 0.3) is 12.3 Å². The molecule has 2 aromatic rings. The fourth-order valence-electron chi connectivity index (χ4n) is 3.33. The Hall–Kier alpha value is -2.35. The van der Waals surface area contributed by atoms with Crippen molar-refractivity contribution in [1.29, 1.82) is 0 Å². The average molecular weight is 381 g/mol. The van der Waals surface area contributed by atoms with Gasteiger partial charge in [0.05, 0.1) is 11.4 Å². The molecule has 1 aromatic heterocycles. The van der Waals surface area contributed by atoms with E-state index in [0.717, 1.165) is 24.0 Å². The van der Waals surface area contributed by atoms with E-state index in [-0.39, 0.29) is 24.8 Å². The van der Waals surface area contributed by atoms with Crippen LogP contribution in [0.15, 0.2) is 30.3 Å². The zero-order chi connectivity index (χ0) is 19.8. The first kappa shape index (κ1) is 19.4. The lowest BCUT2D eigenvalue weighted by Gasteiger charge is -2.35. The van der Waals surface area contributed by atoms with E-state index in [9.17, 15) is 23.1 Å². The largest absolute Gasteiger partial charge is 0.375 e. The number of halogens is 3. The number of aliphatic hydroxyl groups is 1. The number of rotatable bonds is 4. The second-order valence-corrected chi connectivity index (χ2v) is 7.11. The minimum absolute atomic E-state index is 0.0888. The molecule has 1 aliphatic heterocycles. The van der Waals surface area contributed by atoms with Crippen molar-refractivity contribution in [2.45, 2.75) is 44.6 Å². The molecule has 1 atom stereocenters. The van der Waals surface area contributed by atoms with Crippen LogP contribution in [-0.2, 0) is 4.79 Å². The molecule has 0 aliphatic carbocycles. The maximum atomic E-state index is 13.1. The molecule has 1 aliphatic rings. The highest BCUT2D eigenvalue weighted by atomic mass is 19.3. The first-order valence-corrected chi connectivity index (χ1v) is 8.82. The molecule has 27 heavy (non-hydrogen) atoms. The van der Waals surface area contributed by atoms with E-state index in [1.54, 1.807) is 16.8 Å². The number of aryl methyl sites for hydroxylation is 1. The number of benzene rings is 1. The van der Waals surface area contributed by atoms with Crippen molar-refractivity contribution < 1.29 is 23.1 Å². The van der Waals surface area contributed by atoms with Crippen LogP contribution in [0.2, 0.25) is 0 Å². The second-order valence-electron chi connectivity index (χ2n) is 7.11. The Morgan fingerprint density at radius 1 is 1.26 bits per heavy atom. The third kappa shape index (κ3) is 3.85. The zero-order valence-corrected chi connectivity index (χ0v) is 15.2. The quantitative estimate of drug-likeness (QED) is 0.886. The van der Waals surface area contributed by atoms with Crippen molar-refractivity contribution in [3.8, 4) is 5.69 Å². The van der Waals surface area contributed by atoms with E-state index in [2.05, 4.69) is 5.10 Å². The van der Waals surface area contributed by atoms with Gasteiger partial charge in [0, 0.05) is 24.7 Å². The fourth-order valence-corrected chi connectivity index (χ4v) is 3.33. The molecule has 5 nitrogen and oxygen atoms in total. The van der Waals surface area contributed by atoms with Gasteiger partial charge < -0.3 is 10.0 Å². The Morgan fingerprint density at radius 3 is 2.41 bits per heavy atom. The molecule has 0 radical (unpaired) electrons. The van der Waals surface area contributed by atoms with Gasteiger partial charge >= 0.3 is 0 Å². The third-order valence-electron chi connectivity index (χ3n) is 5.04. The Labute approximate surface area is 155 Å². The molecule has 1 N–H and O–H groups in total. The standard InChI is InChI=1S/C19H22F3N3O2/c1-12-11-16(23-25(12)15-5-3-14(20)4-6-15)13-7-9-24(10-8-13)18(26)19(2,27)17(21)22/h3-6,11,13,17,27H,7-10H2,1-2H3/t19-/m0/s1. The lowest BCUT2D eigenvalue weighted by molar-refractivity contribution is -0.166. The minimum Gasteiger partial charge on any atom is -0.375 e. The summed E-state index contributed by atoms with van der Waals surface area (Å²) in [4.78, 5) is 13.4. The summed E-state index contributed by atoms with van der Waals surface area (Å²) in [6.45, 7) is 3.32. The summed E-state index contributed by atoms with van der Waals surface area (Å²) in [5.41, 5.74) is -0.158. The molecule has 0 bridgehead atoms. The number of aromatic nitrogens is 2. The summed E-state index contributed by atoms with van der Waals surface area (Å²) in [7, 11) is 0. The number of carbonyl (C=O) groups is 1. The van der Waals surface area contributed by atoms with Crippen LogP contribution in [0.4, 0.5) is 13.2 Å². The first-order chi connectivity index (χ1) is 12.7. The van der Waals surface area contributed by atoms with Crippen LogP contribution in [0.25, 0.3) is 5.69 Å². The number of carbonyl (C=O) groups excluding carboxylic acids is 1. The summed E-state index contributed by atoms with van der Waals surface area (Å²) in [5.74, 6) is -1.17. The van der Waals surface area contributed by atoms with Crippen molar-refractivity contribution in [2.75, 3.05) is 13.1 Å². The van der Waals surface area contributed by atoms with E-state index >= 15 is 0 Å². The lowest BCUT2D eigenvalue weighted by atomic mass is 9.92. The normalized spacial score (nSPS) is 18.0. The van der Waals surface area contributed by atoms with Crippen LogP contribution in [0.5, 0.6) is 0 Å². The first-order valence-electron chi connectivity index (χ1n) is 8.82. The number of hydrogen-bond acceptors (Lipinski definition) is 3. The predicted octanol–water partition coefficient (Wildman–Crippen LogP) is 3.04. The van der Waals surface area contributed by atoms with Crippen LogP contribution >= 0.6 is 0 Å². The minimum atomic E-state index is -3.13. The van der Waals surface area contributed by atoms with Crippen LogP contribution in [0.3, 0.4) is 0 Å². The summed E-state index contributed by atoms with van der Waals surface area (Å²) in [6.07, 6.45) is -1.98. The number of hydrogen-bond donors (Lipinski definition) is 1. The van der Waals surface area contributed by atoms with Crippen LogP contribution in [0.1, 0.15) is 37.1 Å². The highest BCUT2D eigenvalue weighted by Gasteiger charge is 2.44. The maximum Gasteiger partial charge on any atom is 0.275 e. The molecule has 1 fully saturated rings. The number of piperidine rings is 1. The molecule has 1 aromatic carbocycles. The van der Waals surface area contributed by atoms with Gasteiger partial charge in [-0.15, -0.1) is 0 Å². The van der Waals surface area contributed by atoms with Gasteiger partial charge in [-0.3, -0.25) is 4.79 Å². The fraction of sp³-hybridized carbons (Fsp3) is 0.474.